The molecule has 5 rings (SSSR count). The number of carboxylic acid groups (broad SMARTS) is 1. The molecule has 40 heavy (non-hydrogen) atoms. The number of nitrogens with zero attached hydrogens (tertiary/aromatic N) is 3. The summed E-state index contributed by atoms with van der Waals surface area (Å²) in [7, 11) is 1.58. The van der Waals surface area contributed by atoms with Gasteiger partial charge in [-0.2, -0.15) is 0 Å². The Bertz CT molecular complexity index is 1290. The molecule has 3 heterocycles. The van der Waals surface area contributed by atoms with Crippen LogP contribution in [0, 0.1) is 11.3 Å². The topological polar surface area (TPSA) is 140 Å². The smallest absolute Gasteiger partial charge is 0.408 e. The number of nitrogens with one attached hydrogen (secondary N) is 1. The van der Waals surface area contributed by atoms with Gasteiger partial charge in [0.25, 0.3) is 0 Å². The molecule has 3 aliphatic rings. The summed E-state index contributed by atoms with van der Waals surface area (Å²) in [6.45, 7) is 5.52. The van der Waals surface area contributed by atoms with Crippen molar-refractivity contribution >= 4 is 29.0 Å². The summed E-state index contributed by atoms with van der Waals surface area (Å²) in [5.74, 6) is -0.301. The van der Waals surface area contributed by atoms with Crippen LogP contribution in [-0.4, -0.2) is 75.9 Å². The lowest BCUT2D eigenvalue weighted by Gasteiger charge is -2.34. The molecular formula is C29H38N4O7. The number of methoxy groups -OCH3 is 1. The zero-order valence-corrected chi connectivity index (χ0v) is 23.5. The quantitative estimate of drug-likeness (QED) is 0.568. The van der Waals surface area contributed by atoms with Crippen molar-refractivity contribution < 1.29 is 33.7 Å². The van der Waals surface area contributed by atoms with Gasteiger partial charge in [0.1, 0.15) is 35.7 Å². The molecule has 5 atom stereocenters. The van der Waals surface area contributed by atoms with Gasteiger partial charge >= 0.3 is 12.1 Å². The fraction of sp³-hybridized carbons (Fsp3) is 0.621. The van der Waals surface area contributed by atoms with Crippen molar-refractivity contribution in [3.63, 3.8) is 0 Å². The first-order valence-corrected chi connectivity index (χ1v) is 14.0. The number of aryl methyl sites for hydroxylation is 1. The number of carboxylic acids is 1. The molecule has 11 nitrogen and oxygen atoms in total. The van der Waals surface area contributed by atoms with Crippen LogP contribution >= 0.6 is 0 Å². The van der Waals surface area contributed by atoms with Crippen LogP contribution in [0.2, 0.25) is 0 Å². The van der Waals surface area contributed by atoms with E-state index in [1.807, 2.05) is 32.9 Å². The summed E-state index contributed by atoms with van der Waals surface area (Å²) in [4.78, 5) is 49.7. The molecule has 11 heteroatoms. The number of carbonyl (C=O) groups is 3. The Morgan fingerprint density at radius 2 is 1.90 bits per heavy atom. The third-order valence-corrected chi connectivity index (χ3v) is 8.00. The van der Waals surface area contributed by atoms with Crippen LogP contribution in [0.15, 0.2) is 18.2 Å². The van der Waals surface area contributed by atoms with E-state index in [0.717, 1.165) is 37.6 Å². The van der Waals surface area contributed by atoms with E-state index in [9.17, 15) is 19.5 Å². The number of amides is 2. The molecule has 2 aromatic rings. The second-order valence-electron chi connectivity index (χ2n) is 12.1. The number of fused-ring (bicyclic) bond motifs is 5. The standard InChI is InChI=1S/C29H38N4O7/c1-29(2,3)24-26(34)33-15-18(14-22(33)27(35)36)39-25-20(30-19-11-10-17(38-4)13-21(19)31-25)9-7-5-6-8-16-12-23(16)40-28(37)32-24/h10-11,13,16,18,22-24H,5-9,12,14-15H2,1-4H3,(H,32,37)(H,35,36)/t16-,18-,22?,23-,24?/m0/s1. The lowest BCUT2D eigenvalue weighted by atomic mass is 9.85. The maximum absolute atomic E-state index is 13.8. The van der Waals surface area contributed by atoms with Crippen LogP contribution in [-0.2, 0) is 20.7 Å². The van der Waals surface area contributed by atoms with E-state index >= 15 is 0 Å². The minimum absolute atomic E-state index is 0.0427. The van der Waals surface area contributed by atoms with E-state index in [1.165, 1.54) is 4.90 Å². The van der Waals surface area contributed by atoms with Crippen LogP contribution < -0.4 is 14.8 Å². The summed E-state index contributed by atoms with van der Waals surface area (Å²) in [6, 6.07) is 3.40. The van der Waals surface area contributed by atoms with E-state index < -0.39 is 41.6 Å². The van der Waals surface area contributed by atoms with Gasteiger partial charge in [-0.3, -0.25) is 4.79 Å². The summed E-state index contributed by atoms with van der Waals surface area (Å²) in [5.41, 5.74) is 1.36. The van der Waals surface area contributed by atoms with Crippen LogP contribution in [0.1, 0.15) is 65.0 Å². The molecule has 2 aliphatic heterocycles. The van der Waals surface area contributed by atoms with Crippen molar-refractivity contribution in [1.29, 1.82) is 0 Å². The van der Waals surface area contributed by atoms with Gasteiger partial charge in [-0.25, -0.2) is 19.6 Å². The predicted molar refractivity (Wildman–Crippen MR) is 145 cm³/mol. The van der Waals surface area contributed by atoms with Gasteiger partial charge < -0.3 is 29.5 Å². The van der Waals surface area contributed by atoms with Gasteiger partial charge in [0.05, 0.1) is 24.7 Å². The van der Waals surface area contributed by atoms with Gasteiger partial charge in [0.2, 0.25) is 11.8 Å². The average Bonchev–Trinajstić information content (AvgIpc) is 3.48. The van der Waals surface area contributed by atoms with Crippen molar-refractivity contribution in [2.45, 2.75) is 90.0 Å². The van der Waals surface area contributed by atoms with Gasteiger partial charge in [-0.05, 0) is 49.1 Å². The van der Waals surface area contributed by atoms with Crippen molar-refractivity contribution in [2.75, 3.05) is 13.7 Å². The minimum atomic E-state index is -1.13. The van der Waals surface area contributed by atoms with Gasteiger partial charge in [0, 0.05) is 12.5 Å². The fourth-order valence-corrected chi connectivity index (χ4v) is 5.60. The highest BCUT2D eigenvalue weighted by Crippen LogP contribution is 2.39. The second kappa shape index (κ2) is 11.1. The maximum Gasteiger partial charge on any atom is 0.408 e. The summed E-state index contributed by atoms with van der Waals surface area (Å²) in [5, 5.41) is 12.7. The van der Waals surface area contributed by atoms with Gasteiger partial charge in [-0.15, -0.1) is 0 Å². The third kappa shape index (κ3) is 6.08. The monoisotopic (exact) mass is 554 g/mol. The molecule has 2 unspecified atom stereocenters. The van der Waals surface area contributed by atoms with E-state index in [2.05, 4.69) is 5.32 Å². The largest absolute Gasteiger partial charge is 0.497 e. The Hall–Kier alpha value is -3.63. The number of aliphatic carboxylic acids is 1. The summed E-state index contributed by atoms with van der Waals surface area (Å²) >= 11 is 0. The Kier molecular flexibility index (Phi) is 7.74. The number of rotatable bonds is 2. The molecule has 1 aromatic heterocycles. The lowest BCUT2D eigenvalue weighted by molar-refractivity contribution is -0.150. The van der Waals surface area contributed by atoms with Crippen LogP contribution in [0.4, 0.5) is 4.79 Å². The molecule has 1 aliphatic carbocycles. The SMILES string of the molecule is COc1ccc2nc3c(nc2c1)O[C@H]1CC(C(=O)O)N(C1)C(=O)C(C(C)(C)C)NC(=O)O[C@H]1C[C@@H]1CCCCC3. The van der Waals surface area contributed by atoms with E-state index in [4.69, 9.17) is 24.2 Å². The Morgan fingerprint density at radius 1 is 1.10 bits per heavy atom. The number of aromatic nitrogens is 2. The first-order chi connectivity index (χ1) is 19.0. The molecule has 2 N–H and O–H groups in total. The van der Waals surface area contributed by atoms with Crippen molar-refractivity contribution in [1.82, 2.24) is 20.2 Å². The molecule has 2 bridgehead atoms. The van der Waals surface area contributed by atoms with E-state index in [1.54, 1.807) is 13.2 Å². The average molecular weight is 555 g/mol. The Labute approximate surface area is 233 Å². The highest BCUT2D eigenvalue weighted by atomic mass is 16.6. The number of hydrogen-bond donors (Lipinski definition) is 2. The number of benzene rings is 1. The fourth-order valence-electron chi connectivity index (χ4n) is 5.60. The summed E-state index contributed by atoms with van der Waals surface area (Å²) in [6.07, 6.45) is 3.97. The van der Waals surface area contributed by atoms with Gasteiger partial charge in [-0.1, -0.05) is 33.6 Å². The molecular weight excluding hydrogens is 516 g/mol. The molecule has 0 spiro atoms. The molecule has 1 saturated heterocycles. The molecule has 2 amide bonds. The lowest BCUT2D eigenvalue weighted by Crippen LogP contribution is -2.57. The van der Waals surface area contributed by atoms with Crippen molar-refractivity contribution in [3.8, 4) is 11.6 Å². The molecule has 2 fully saturated rings. The van der Waals surface area contributed by atoms with Crippen molar-refractivity contribution in [2.24, 2.45) is 11.3 Å². The molecule has 216 valence electrons. The van der Waals surface area contributed by atoms with E-state index in [-0.39, 0.29) is 19.1 Å². The highest BCUT2D eigenvalue weighted by Gasteiger charge is 2.47. The first kappa shape index (κ1) is 27.9. The molecule has 0 radical (unpaired) electrons. The number of ether oxygens (including phenoxy) is 3. The summed E-state index contributed by atoms with van der Waals surface area (Å²) < 4.78 is 17.3. The maximum atomic E-state index is 13.8. The van der Waals surface area contributed by atoms with Crippen LogP contribution in [0.25, 0.3) is 11.0 Å². The van der Waals surface area contributed by atoms with Crippen LogP contribution in [0.3, 0.4) is 0 Å². The molecule has 1 saturated carbocycles. The second-order valence-corrected chi connectivity index (χ2v) is 12.1. The third-order valence-electron chi connectivity index (χ3n) is 8.00. The normalized spacial score (nSPS) is 27.8. The van der Waals surface area contributed by atoms with E-state index in [0.29, 0.717) is 35.2 Å². The zero-order chi connectivity index (χ0) is 28.6. The Morgan fingerprint density at radius 3 is 2.62 bits per heavy atom. The van der Waals surface area contributed by atoms with Gasteiger partial charge in [0.15, 0.2) is 0 Å². The first-order valence-electron chi connectivity index (χ1n) is 14.0. The van der Waals surface area contributed by atoms with Crippen LogP contribution in [0.5, 0.6) is 11.6 Å². The predicted octanol–water partition coefficient (Wildman–Crippen LogP) is 3.72. The van der Waals surface area contributed by atoms with Crippen molar-refractivity contribution in [3.05, 3.63) is 23.9 Å². The number of alkyl carbamates (subject to hydrolysis) is 1. The minimum Gasteiger partial charge on any atom is -0.497 e. The number of carbonyl (C=O) groups excluding carboxylic acids is 2. The molecule has 1 aromatic carbocycles. The highest BCUT2D eigenvalue weighted by molar-refractivity contribution is 5.90. The Balaban J connectivity index is 1.48. The number of hydrogen-bond acceptors (Lipinski definition) is 8. The zero-order valence-electron chi connectivity index (χ0n) is 23.5.